The number of aliphatic hydroxyl groups is 1. The quantitative estimate of drug-likeness (QED) is 0.770. The van der Waals surface area contributed by atoms with Crippen molar-refractivity contribution in [2.24, 2.45) is 5.41 Å². The Hall–Kier alpha value is -0.860. The molecular formula is C13H16OS. The monoisotopic (exact) mass is 220 g/mol. The third-order valence-corrected chi connectivity index (χ3v) is 3.60. The normalized spacial score (nSPS) is 14.4. The van der Waals surface area contributed by atoms with Gasteiger partial charge in [0.15, 0.2) is 0 Å². The molecule has 2 rings (SSSR count). The molecule has 1 aromatic carbocycles. The van der Waals surface area contributed by atoms with Crippen molar-refractivity contribution in [2.75, 3.05) is 0 Å². The van der Waals surface area contributed by atoms with Gasteiger partial charge in [0.2, 0.25) is 0 Å². The van der Waals surface area contributed by atoms with Gasteiger partial charge in [0.1, 0.15) is 0 Å². The van der Waals surface area contributed by atoms with Crippen molar-refractivity contribution in [3.63, 3.8) is 0 Å². The molecule has 0 bridgehead atoms. The Morgan fingerprint density at radius 3 is 2.60 bits per heavy atom. The number of aliphatic hydroxyl groups excluding tert-OH is 1. The van der Waals surface area contributed by atoms with Gasteiger partial charge in [-0.3, -0.25) is 0 Å². The summed E-state index contributed by atoms with van der Waals surface area (Å²) in [5.74, 6) is 0. The predicted molar refractivity (Wildman–Crippen MR) is 66.2 cm³/mol. The highest BCUT2D eigenvalue weighted by Gasteiger charge is 2.25. The zero-order valence-corrected chi connectivity index (χ0v) is 10.1. The summed E-state index contributed by atoms with van der Waals surface area (Å²) >= 11 is 1.70. The second-order valence-electron chi connectivity index (χ2n) is 4.95. The van der Waals surface area contributed by atoms with E-state index in [0.717, 1.165) is 5.56 Å². The van der Waals surface area contributed by atoms with Gasteiger partial charge in [0.05, 0.1) is 6.10 Å². The maximum atomic E-state index is 10.3. The first-order chi connectivity index (χ1) is 7.00. The number of rotatable bonds is 1. The predicted octanol–water partition coefficient (Wildman–Crippen LogP) is 3.98. The summed E-state index contributed by atoms with van der Waals surface area (Å²) < 4.78 is 1.21. The van der Waals surface area contributed by atoms with Gasteiger partial charge >= 0.3 is 0 Å². The maximum Gasteiger partial charge on any atom is 0.0852 e. The summed E-state index contributed by atoms with van der Waals surface area (Å²) in [5.41, 5.74) is 0.938. The van der Waals surface area contributed by atoms with Crippen LogP contribution in [-0.4, -0.2) is 5.11 Å². The summed E-state index contributed by atoms with van der Waals surface area (Å²) in [6, 6.07) is 8.22. The molecule has 0 saturated heterocycles. The van der Waals surface area contributed by atoms with Crippen LogP contribution in [0.1, 0.15) is 32.4 Å². The first-order valence-electron chi connectivity index (χ1n) is 5.14. The lowest BCUT2D eigenvalue weighted by atomic mass is 9.84. The largest absolute Gasteiger partial charge is 0.388 e. The Balaban J connectivity index is 2.56. The van der Waals surface area contributed by atoms with Crippen LogP contribution in [0.15, 0.2) is 29.6 Å². The third-order valence-electron chi connectivity index (χ3n) is 2.62. The highest BCUT2D eigenvalue weighted by Crippen LogP contribution is 2.37. The van der Waals surface area contributed by atoms with Crippen molar-refractivity contribution < 1.29 is 5.11 Å². The molecule has 0 saturated carbocycles. The highest BCUT2D eigenvalue weighted by atomic mass is 32.1. The lowest BCUT2D eigenvalue weighted by Crippen LogP contribution is -2.17. The van der Waals surface area contributed by atoms with E-state index < -0.39 is 6.10 Å². The highest BCUT2D eigenvalue weighted by molar-refractivity contribution is 7.17. The Bertz CT molecular complexity index is 465. The number of hydrogen-bond donors (Lipinski definition) is 1. The van der Waals surface area contributed by atoms with Gasteiger partial charge in [-0.1, -0.05) is 39.0 Å². The molecule has 0 aliphatic carbocycles. The smallest absolute Gasteiger partial charge is 0.0852 e. The first-order valence-corrected chi connectivity index (χ1v) is 6.02. The van der Waals surface area contributed by atoms with Gasteiger partial charge < -0.3 is 5.11 Å². The summed E-state index contributed by atoms with van der Waals surface area (Å²) in [6.07, 6.45) is -0.403. The van der Waals surface area contributed by atoms with Crippen molar-refractivity contribution in [3.05, 3.63) is 35.2 Å². The van der Waals surface area contributed by atoms with Crippen molar-refractivity contribution in [1.82, 2.24) is 0 Å². The lowest BCUT2D eigenvalue weighted by molar-refractivity contribution is 0.0641. The number of fused-ring (bicyclic) bond motifs is 1. The fourth-order valence-corrected chi connectivity index (χ4v) is 2.64. The van der Waals surface area contributed by atoms with Crippen molar-refractivity contribution in [3.8, 4) is 0 Å². The van der Waals surface area contributed by atoms with E-state index in [-0.39, 0.29) is 5.41 Å². The average Bonchev–Trinajstić information content (AvgIpc) is 2.62. The minimum absolute atomic E-state index is 0.113. The molecule has 15 heavy (non-hydrogen) atoms. The van der Waals surface area contributed by atoms with Gasteiger partial charge in [-0.25, -0.2) is 0 Å². The van der Waals surface area contributed by atoms with E-state index in [0.29, 0.717) is 0 Å². The van der Waals surface area contributed by atoms with Crippen LogP contribution < -0.4 is 0 Å². The summed E-state index contributed by atoms with van der Waals surface area (Å²) in [5, 5.41) is 13.6. The molecule has 0 aliphatic rings. The van der Waals surface area contributed by atoms with E-state index in [1.807, 2.05) is 12.1 Å². The molecule has 80 valence electrons. The Morgan fingerprint density at radius 1 is 1.20 bits per heavy atom. The molecule has 2 aromatic rings. The van der Waals surface area contributed by atoms with Crippen LogP contribution in [0.4, 0.5) is 0 Å². The number of hydrogen-bond acceptors (Lipinski definition) is 2. The van der Waals surface area contributed by atoms with Crippen LogP contribution in [0.3, 0.4) is 0 Å². The summed E-state index contributed by atoms with van der Waals surface area (Å²) in [6.45, 7) is 6.18. The average molecular weight is 220 g/mol. The Kier molecular flexibility index (Phi) is 2.57. The van der Waals surface area contributed by atoms with Crippen LogP contribution in [0.2, 0.25) is 0 Å². The second kappa shape index (κ2) is 3.62. The molecule has 1 unspecified atom stereocenters. The first kappa shape index (κ1) is 10.7. The van der Waals surface area contributed by atoms with E-state index >= 15 is 0 Å². The SMILES string of the molecule is CC(C)(C)C(O)c1cccc2ccsc12. The summed E-state index contributed by atoms with van der Waals surface area (Å²) in [4.78, 5) is 0. The second-order valence-corrected chi connectivity index (χ2v) is 5.87. The maximum absolute atomic E-state index is 10.3. The van der Waals surface area contributed by atoms with Gasteiger partial charge in [-0.2, -0.15) is 0 Å². The molecule has 0 spiro atoms. The topological polar surface area (TPSA) is 20.2 Å². The Labute approximate surface area is 94.4 Å². The van der Waals surface area contributed by atoms with Gasteiger partial charge in [0.25, 0.3) is 0 Å². The zero-order chi connectivity index (χ0) is 11.1. The molecule has 0 amide bonds. The Morgan fingerprint density at radius 2 is 1.93 bits per heavy atom. The molecule has 0 radical (unpaired) electrons. The van der Waals surface area contributed by atoms with Crippen LogP contribution in [0.25, 0.3) is 10.1 Å². The van der Waals surface area contributed by atoms with Crippen LogP contribution >= 0.6 is 11.3 Å². The van der Waals surface area contributed by atoms with Gasteiger partial charge in [-0.05, 0) is 27.8 Å². The van der Waals surface area contributed by atoms with Crippen LogP contribution in [0, 0.1) is 5.41 Å². The standard InChI is InChI=1S/C13H16OS/c1-13(2,3)12(14)10-6-4-5-9-7-8-15-11(9)10/h4-8,12,14H,1-3H3. The fourth-order valence-electron chi connectivity index (χ4n) is 1.70. The van der Waals surface area contributed by atoms with E-state index in [1.54, 1.807) is 11.3 Å². The van der Waals surface area contributed by atoms with E-state index in [9.17, 15) is 5.11 Å². The van der Waals surface area contributed by atoms with Gasteiger partial charge in [0, 0.05) is 4.70 Å². The molecule has 0 fully saturated rings. The fraction of sp³-hybridized carbons (Fsp3) is 0.385. The molecule has 1 nitrogen and oxygen atoms in total. The zero-order valence-electron chi connectivity index (χ0n) is 9.32. The van der Waals surface area contributed by atoms with Crippen molar-refractivity contribution >= 4 is 21.4 Å². The lowest BCUT2D eigenvalue weighted by Gasteiger charge is -2.26. The van der Waals surface area contributed by atoms with Crippen LogP contribution in [0.5, 0.6) is 0 Å². The van der Waals surface area contributed by atoms with Gasteiger partial charge in [-0.15, -0.1) is 11.3 Å². The van der Waals surface area contributed by atoms with Crippen LogP contribution in [-0.2, 0) is 0 Å². The number of thiophene rings is 1. The molecule has 2 heteroatoms. The molecule has 1 aromatic heterocycles. The number of benzene rings is 1. The molecule has 0 aliphatic heterocycles. The third kappa shape index (κ3) is 1.92. The molecular weight excluding hydrogens is 204 g/mol. The summed E-state index contributed by atoms with van der Waals surface area (Å²) in [7, 11) is 0. The molecule has 1 atom stereocenters. The molecule has 1 heterocycles. The minimum atomic E-state index is -0.403. The van der Waals surface area contributed by atoms with E-state index in [4.69, 9.17) is 0 Å². The van der Waals surface area contributed by atoms with Crippen molar-refractivity contribution in [1.29, 1.82) is 0 Å². The molecule has 1 N–H and O–H groups in total. The van der Waals surface area contributed by atoms with E-state index in [1.165, 1.54) is 10.1 Å². The van der Waals surface area contributed by atoms with Crippen molar-refractivity contribution in [2.45, 2.75) is 26.9 Å². The van der Waals surface area contributed by atoms with E-state index in [2.05, 4.69) is 38.3 Å². The minimum Gasteiger partial charge on any atom is -0.388 e.